The van der Waals surface area contributed by atoms with E-state index in [4.69, 9.17) is 16.3 Å². The molecule has 0 spiro atoms. The zero-order chi connectivity index (χ0) is 17.8. The number of fused-ring (bicyclic) bond motifs is 1. The lowest BCUT2D eigenvalue weighted by atomic mass is 10.2. The van der Waals surface area contributed by atoms with Crippen LogP contribution in [0.3, 0.4) is 0 Å². The molecule has 1 heterocycles. The molecule has 1 N–H and O–H groups in total. The highest BCUT2D eigenvalue weighted by Crippen LogP contribution is 2.22. The van der Waals surface area contributed by atoms with Crippen LogP contribution in [0.5, 0.6) is 5.75 Å². The lowest BCUT2D eigenvalue weighted by molar-refractivity contribution is -0.123. The minimum Gasteiger partial charge on any atom is -0.484 e. The van der Waals surface area contributed by atoms with Gasteiger partial charge in [0.2, 0.25) is 0 Å². The van der Waals surface area contributed by atoms with Crippen LogP contribution in [0.1, 0.15) is 17.5 Å². The Kier molecular flexibility index (Phi) is 5.31. The number of aromatic nitrogens is 1. The number of halogens is 1. The predicted octanol–water partition coefficient (Wildman–Crippen LogP) is 4.18. The summed E-state index contributed by atoms with van der Waals surface area (Å²) in [4.78, 5) is 16.4. The molecular weight excluding hydrogens is 358 g/mol. The molecule has 2 aromatic carbocycles. The average Bonchev–Trinajstić information content (AvgIpc) is 3.05. The predicted molar refractivity (Wildman–Crippen MR) is 102 cm³/mol. The normalized spacial score (nSPS) is 11.6. The molecule has 0 aliphatic rings. The van der Waals surface area contributed by atoms with E-state index in [-0.39, 0.29) is 12.5 Å². The van der Waals surface area contributed by atoms with Crippen molar-refractivity contribution in [2.24, 2.45) is 5.10 Å². The van der Waals surface area contributed by atoms with E-state index < -0.39 is 0 Å². The molecule has 0 aliphatic heterocycles. The number of aryl methyl sites for hydroxylation is 1. The van der Waals surface area contributed by atoms with Gasteiger partial charge in [0.15, 0.2) is 6.61 Å². The molecule has 25 heavy (non-hydrogen) atoms. The van der Waals surface area contributed by atoms with Gasteiger partial charge in [-0.1, -0.05) is 23.7 Å². The van der Waals surface area contributed by atoms with E-state index in [0.29, 0.717) is 16.5 Å². The largest absolute Gasteiger partial charge is 0.484 e. The molecule has 0 aliphatic carbocycles. The Morgan fingerprint density at radius 3 is 2.88 bits per heavy atom. The van der Waals surface area contributed by atoms with Crippen LogP contribution in [0.15, 0.2) is 47.6 Å². The summed E-state index contributed by atoms with van der Waals surface area (Å²) in [5.41, 5.74) is 4.95. The van der Waals surface area contributed by atoms with Crippen LogP contribution < -0.4 is 10.2 Å². The lowest BCUT2D eigenvalue weighted by Gasteiger charge is -2.07. The minimum atomic E-state index is -0.340. The molecule has 128 valence electrons. The van der Waals surface area contributed by atoms with Crippen LogP contribution in [-0.2, 0) is 4.79 Å². The summed E-state index contributed by atoms with van der Waals surface area (Å²) in [6, 6.07) is 13.1. The summed E-state index contributed by atoms with van der Waals surface area (Å²) in [7, 11) is 0. The number of thiazole rings is 1. The first-order valence-corrected chi connectivity index (χ1v) is 8.80. The number of nitrogens with zero attached hydrogens (tertiary/aromatic N) is 2. The summed E-state index contributed by atoms with van der Waals surface area (Å²) in [5.74, 6) is 0.247. The molecule has 0 saturated heterocycles. The van der Waals surface area contributed by atoms with Gasteiger partial charge in [-0.25, -0.2) is 10.4 Å². The van der Waals surface area contributed by atoms with Gasteiger partial charge >= 0.3 is 0 Å². The average molecular weight is 374 g/mol. The summed E-state index contributed by atoms with van der Waals surface area (Å²) in [6.45, 7) is 3.56. The number of benzene rings is 2. The number of carbonyl (C=O) groups excluding carboxylic acids is 1. The maximum absolute atomic E-state index is 11.9. The number of hydrazone groups is 1. The number of nitrogens with one attached hydrogen (secondary N) is 1. The molecule has 0 saturated carbocycles. The highest BCUT2D eigenvalue weighted by Gasteiger charge is 2.08. The van der Waals surface area contributed by atoms with Gasteiger partial charge in [0.05, 0.1) is 15.9 Å². The number of para-hydroxylation sites is 1. The molecule has 0 bridgehead atoms. The van der Waals surface area contributed by atoms with Gasteiger partial charge in [-0.15, -0.1) is 11.3 Å². The fourth-order valence-electron chi connectivity index (χ4n) is 2.11. The highest BCUT2D eigenvalue weighted by atomic mass is 35.5. The maximum atomic E-state index is 11.9. The standard InChI is InChI=1S/C18H16ClN3O2S/c1-11-9-13(7-8-14(11)19)24-10-17(23)22-21-12(2)18-20-15-5-3-4-6-16(15)25-18/h3-9H,10H2,1-2H3,(H,22,23)/b21-12-. The Hall–Kier alpha value is -2.44. The Morgan fingerprint density at radius 2 is 2.12 bits per heavy atom. The minimum absolute atomic E-state index is 0.127. The molecule has 3 rings (SSSR count). The van der Waals surface area contributed by atoms with E-state index >= 15 is 0 Å². The SMILES string of the molecule is C/C(=N/NC(=O)COc1ccc(Cl)c(C)c1)c1nc2ccccc2s1. The monoisotopic (exact) mass is 373 g/mol. The topological polar surface area (TPSA) is 63.6 Å². The Balaban J connectivity index is 1.58. The fourth-order valence-corrected chi connectivity index (χ4v) is 3.14. The van der Waals surface area contributed by atoms with Crippen molar-refractivity contribution < 1.29 is 9.53 Å². The van der Waals surface area contributed by atoms with Crippen LogP contribution in [-0.4, -0.2) is 23.2 Å². The zero-order valence-electron chi connectivity index (χ0n) is 13.7. The van der Waals surface area contributed by atoms with Crippen molar-refractivity contribution in [3.63, 3.8) is 0 Å². The molecule has 5 nitrogen and oxygen atoms in total. The van der Waals surface area contributed by atoms with E-state index in [9.17, 15) is 4.79 Å². The van der Waals surface area contributed by atoms with Gasteiger partial charge in [0, 0.05) is 5.02 Å². The van der Waals surface area contributed by atoms with E-state index in [1.807, 2.05) is 31.2 Å². The van der Waals surface area contributed by atoms with E-state index in [2.05, 4.69) is 15.5 Å². The first kappa shape index (κ1) is 17.4. The number of carbonyl (C=O) groups is 1. The molecule has 7 heteroatoms. The number of ether oxygens (including phenoxy) is 1. The molecule has 0 atom stereocenters. The highest BCUT2D eigenvalue weighted by molar-refractivity contribution is 7.20. The van der Waals surface area contributed by atoms with Crippen molar-refractivity contribution in [2.45, 2.75) is 13.8 Å². The molecule has 1 amide bonds. The lowest BCUT2D eigenvalue weighted by Crippen LogP contribution is -2.25. The Labute approximate surface area is 154 Å². The van der Waals surface area contributed by atoms with E-state index in [1.165, 1.54) is 11.3 Å². The van der Waals surface area contributed by atoms with Gasteiger partial charge in [0.1, 0.15) is 10.8 Å². The van der Waals surface area contributed by atoms with Crippen molar-refractivity contribution in [1.82, 2.24) is 10.4 Å². The van der Waals surface area contributed by atoms with E-state index in [0.717, 1.165) is 20.8 Å². The number of rotatable bonds is 5. The van der Waals surface area contributed by atoms with Gasteiger partial charge in [-0.2, -0.15) is 5.10 Å². The van der Waals surface area contributed by atoms with Gasteiger partial charge in [-0.05, 0) is 49.7 Å². The van der Waals surface area contributed by atoms with Crippen molar-refractivity contribution in [1.29, 1.82) is 0 Å². The van der Waals surface area contributed by atoms with Crippen LogP contribution in [0.2, 0.25) is 5.02 Å². The maximum Gasteiger partial charge on any atom is 0.277 e. The first-order chi connectivity index (χ1) is 12.0. The summed E-state index contributed by atoms with van der Waals surface area (Å²) < 4.78 is 6.52. The van der Waals surface area contributed by atoms with Crippen LogP contribution in [0, 0.1) is 6.92 Å². The fraction of sp³-hybridized carbons (Fsp3) is 0.167. The molecule has 0 radical (unpaired) electrons. The van der Waals surface area contributed by atoms with Crippen LogP contribution in [0.25, 0.3) is 10.2 Å². The number of hydrogen-bond donors (Lipinski definition) is 1. The van der Waals surface area contributed by atoms with Gasteiger partial charge in [0.25, 0.3) is 5.91 Å². The smallest absolute Gasteiger partial charge is 0.277 e. The van der Waals surface area contributed by atoms with E-state index in [1.54, 1.807) is 25.1 Å². The van der Waals surface area contributed by atoms with Crippen molar-refractivity contribution >= 4 is 44.8 Å². The molecular formula is C18H16ClN3O2S. The third-order valence-corrected chi connectivity index (χ3v) is 5.02. The van der Waals surface area contributed by atoms with Crippen molar-refractivity contribution in [3.05, 3.63) is 58.1 Å². The molecule has 3 aromatic rings. The summed E-state index contributed by atoms with van der Waals surface area (Å²) >= 11 is 7.49. The molecule has 0 unspecified atom stereocenters. The second-order valence-corrected chi connectivity index (χ2v) is 6.86. The third-order valence-electron chi connectivity index (χ3n) is 3.45. The Morgan fingerprint density at radius 1 is 1.32 bits per heavy atom. The van der Waals surface area contributed by atoms with Crippen molar-refractivity contribution in [2.75, 3.05) is 6.61 Å². The zero-order valence-corrected chi connectivity index (χ0v) is 15.3. The first-order valence-electron chi connectivity index (χ1n) is 7.61. The second-order valence-electron chi connectivity index (χ2n) is 5.42. The molecule has 1 aromatic heterocycles. The molecule has 0 fully saturated rings. The second kappa shape index (κ2) is 7.63. The third kappa shape index (κ3) is 4.35. The van der Waals surface area contributed by atoms with Gasteiger partial charge in [-0.3, -0.25) is 4.79 Å². The number of amides is 1. The number of hydrogen-bond acceptors (Lipinski definition) is 5. The van der Waals surface area contributed by atoms with Crippen molar-refractivity contribution in [3.8, 4) is 5.75 Å². The summed E-state index contributed by atoms with van der Waals surface area (Å²) in [5, 5.41) is 5.53. The quantitative estimate of drug-likeness (QED) is 0.539. The van der Waals surface area contributed by atoms with Crippen LogP contribution >= 0.6 is 22.9 Å². The summed E-state index contributed by atoms with van der Waals surface area (Å²) in [6.07, 6.45) is 0. The van der Waals surface area contributed by atoms with Crippen LogP contribution in [0.4, 0.5) is 0 Å². The Bertz CT molecular complexity index is 919. The van der Waals surface area contributed by atoms with Gasteiger partial charge < -0.3 is 4.74 Å².